The first-order chi connectivity index (χ1) is 6.06. The van der Waals surface area contributed by atoms with Crippen molar-refractivity contribution >= 4 is 5.96 Å². The summed E-state index contributed by atoms with van der Waals surface area (Å²) in [7, 11) is 0. The molecule has 0 aliphatic carbocycles. The first kappa shape index (κ1) is 11.6. The van der Waals surface area contributed by atoms with E-state index >= 15 is 0 Å². The van der Waals surface area contributed by atoms with Gasteiger partial charge in [0.25, 0.3) is 5.96 Å². The summed E-state index contributed by atoms with van der Waals surface area (Å²) in [6.45, 7) is 1.71. The van der Waals surface area contributed by atoms with Crippen LogP contribution in [0.5, 0.6) is 0 Å². The van der Waals surface area contributed by atoms with E-state index in [1.54, 1.807) is 6.92 Å². The van der Waals surface area contributed by atoms with E-state index in [0.29, 0.717) is 13.0 Å². The van der Waals surface area contributed by atoms with E-state index in [4.69, 9.17) is 5.73 Å². The van der Waals surface area contributed by atoms with Gasteiger partial charge in [0.1, 0.15) is 5.10 Å². The number of rotatable bonds is 5. The lowest BCUT2D eigenvalue weighted by Crippen LogP contribution is -2.33. The molecule has 0 aromatic heterocycles. The number of guanidine groups is 1. The Labute approximate surface area is 75.1 Å². The van der Waals surface area contributed by atoms with E-state index in [-0.39, 0.29) is 11.9 Å². The van der Waals surface area contributed by atoms with Gasteiger partial charge >= 0.3 is 0 Å². The van der Waals surface area contributed by atoms with E-state index < -0.39 is 11.7 Å². The minimum absolute atomic E-state index is 0.0732. The number of nitro groups is 1. The Hall–Kier alpha value is -1.40. The summed E-state index contributed by atoms with van der Waals surface area (Å²) in [5.74, 6) is -0.327. The van der Waals surface area contributed by atoms with Crippen LogP contribution in [0.25, 0.3) is 0 Å². The smallest absolute Gasteiger partial charge is 0.266 e. The zero-order chi connectivity index (χ0) is 10.3. The molecule has 0 fully saturated rings. The highest BCUT2D eigenvalue weighted by molar-refractivity contribution is 5.76. The van der Waals surface area contributed by atoms with Crippen molar-refractivity contribution in [3.8, 4) is 0 Å². The minimum Gasteiger partial charge on any atom is -0.365 e. The van der Waals surface area contributed by atoms with Gasteiger partial charge in [0.2, 0.25) is 0 Å². The van der Waals surface area contributed by atoms with Crippen molar-refractivity contribution < 1.29 is 9.42 Å². The second kappa shape index (κ2) is 6.15. The van der Waals surface area contributed by atoms with Gasteiger partial charge in [-0.1, -0.05) is 6.92 Å². The maximum atomic E-state index is 11.9. The normalized spacial score (nSPS) is 13.8. The summed E-state index contributed by atoms with van der Waals surface area (Å²) in [5.41, 5.74) is 5.11. The number of nitrogens with one attached hydrogen (secondary N) is 1. The molecule has 0 saturated carbocycles. The molecule has 6 nitrogen and oxygen atoms in total. The average Bonchev–Trinajstić information content (AvgIpc) is 2.02. The molecule has 0 aliphatic heterocycles. The van der Waals surface area contributed by atoms with E-state index in [0.717, 1.165) is 0 Å². The fraction of sp³-hybridized carbons (Fsp3) is 0.833. The number of hydrogen-bond acceptors (Lipinski definition) is 2. The van der Waals surface area contributed by atoms with Crippen LogP contribution in [0, 0.1) is 16.0 Å². The SMILES string of the molecule is C[C@H](CF)CCN/C(N)=N/[N+](=O)[O-]. The van der Waals surface area contributed by atoms with Crippen LogP contribution < -0.4 is 11.1 Å². The number of nitrogens with zero attached hydrogens (tertiary/aromatic N) is 2. The number of hydrogen-bond donors (Lipinski definition) is 2. The fourth-order valence-electron chi connectivity index (χ4n) is 0.647. The van der Waals surface area contributed by atoms with Crippen molar-refractivity contribution in [2.75, 3.05) is 13.2 Å². The van der Waals surface area contributed by atoms with Gasteiger partial charge in [-0.3, -0.25) is 4.39 Å². The molecule has 3 N–H and O–H groups in total. The first-order valence-electron chi connectivity index (χ1n) is 3.84. The molecule has 0 heterocycles. The van der Waals surface area contributed by atoms with Gasteiger partial charge in [0.05, 0.1) is 6.67 Å². The van der Waals surface area contributed by atoms with Crippen LogP contribution >= 0.6 is 0 Å². The van der Waals surface area contributed by atoms with Crippen LogP contribution in [-0.2, 0) is 0 Å². The zero-order valence-corrected chi connectivity index (χ0v) is 7.36. The highest BCUT2D eigenvalue weighted by atomic mass is 19.1. The molecule has 7 heteroatoms. The summed E-state index contributed by atoms with van der Waals surface area (Å²) in [4.78, 5) is 9.80. The zero-order valence-electron chi connectivity index (χ0n) is 7.36. The average molecular weight is 192 g/mol. The second-order valence-corrected chi connectivity index (χ2v) is 2.70. The summed E-state index contributed by atoms with van der Waals surface area (Å²) in [6, 6.07) is 0. The highest BCUT2D eigenvalue weighted by Crippen LogP contribution is 1.99. The quantitative estimate of drug-likeness (QED) is 0.279. The molecular weight excluding hydrogens is 179 g/mol. The van der Waals surface area contributed by atoms with Crippen LogP contribution in [0.3, 0.4) is 0 Å². The molecule has 0 aromatic rings. The van der Waals surface area contributed by atoms with Gasteiger partial charge in [-0.05, 0) is 12.3 Å². The lowest BCUT2D eigenvalue weighted by molar-refractivity contribution is -0.485. The van der Waals surface area contributed by atoms with Crippen LogP contribution in [0.2, 0.25) is 0 Å². The molecule has 0 unspecified atom stereocenters. The van der Waals surface area contributed by atoms with Crippen LogP contribution in [0.15, 0.2) is 5.10 Å². The largest absolute Gasteiger partial charge is 0.365 e. The van der Waals surface area contributed by atoms with Gasteiger partial charge in [-0.2, -0.15) is 0 Å². The summed E-state index contributed by atoms with van der Waals surface area (Å²) in [6.07, 6.45) is 0.560. The van der Waals surface area contributed by atoms with Gasteiger partial charge in [0.15, 0.2) is 5.03 Å². The predicted molar refractivity (Wildman–Crippen MR) is 46.4 cm³/mol. The Bertz CT molecular complexity index is 197. The van der Waals surface area contributed by atoms with Crippen molar-refractivity contribution in [3.63, 3.8) is 0 Å². The van der Waals surface area contributed by atoms with Crippen LogP contribution in [-0.4, -0.2) is 24.2 Å². The maximum absolute atomic E-state index is 11.9. The first-order valence-corrected chi connectivity index (χ1v) is 3.84. The molecule has 0 radical (unpaired) electrons. The maximum Gasteiger partial charge on any atom is 0.266 e. The minimum atomic E-state index is -0.888. The third-order valence-corrected chi connectivity index (χ3v) is 1.40. The van der Waals surface area contributed by atoms with Crippen molar-refractivity contribution in [2.24, 2.45) is 16.8 Å². The van der Waals surface area contributed by atoms with E-state index in [9.17, 15) is 14.5 Å². The molecule has 0 aliphatic rings. The Balaban J connectivity index is 3.59. The summed E-state index contributed by atoms with van der Waals surface area (Å²) < 4.78 is 11.9. The summed E-state index contributed by atoms with van der Waals surface area (Å²) in [5, 5.41) is 14.2. The van der Waals surface area contributed by atoms with Gasteiger partial charge in [-0.15, -0.1) is 0 Å². The van der Waals surface area contributed by atoms with Crippen LogP contribution in [0.1, 0.15) is 13.3 Å². The Kier molecular flexibility index (Phi) is 5.49. The predicted octanol–water partition coefficient (Wildman–Crippen LogP) is 0.0781. The van der Waals surface area contributed by atoms with Crippen molar-refractivity contribution in [2.45, 2.75) is 13.3 Å². The molecule has 1 atom stereocenters. The molecule has 13 heavy (non-hydrogen) atoms. The van der Waals surface area contributed by atoms with E-state index in [2.05, 4.69) is 10.4 Å². The molecule has 0 rings (SSSR count). The van der Waals surface area contributed by atoms with Crippen LogP contribution in [0.4, 0.5) is 4.39 Å². The molecule has 0 aromatic carbocycles. The molecule has 0 saturated heterocycles. The Morgan fingerprint density at radius 1 is 1.85 bits per heavy atom. The fourth-order valence-corrected chi connectivity index (χ4v) is 0.647. The third-order valence-electron chi connectivity index (χ3n) is 1.40. The van der Waals surface area contributed by atoms with E-state index in [1.165, 1.54) is 0 Å². The summed E-state index contributed by atoms with van der Waals surface area (Å²) >= 11 is 0. The van der Waals surface area contributed by atoms with Crippen molar-refractivity contribution in [1.29, 1.82) is 0 Å². The van der Waals surface area contributed by atoms with Crippen molar-refractivity contribution in [3.05, 3.63) is 10.1 Å². The molecule has 0 amide bonds. The number of alkyl halides is 1. The standard InChI is InChI=1S/C6H13FN4O2/c1-5(4-7)2-3-9-6(8)10-11(12)13/h5H,2-4H2,1H3,(H3,8,9,10)/t5-/m0/s1. The Morgan fingerprint density at radius 3 is 2.92 bits per heavy atom. The number of nitrogens with two attached hydrogens (primary N) is 1. The third kappa shape index (κ3) is 6.98. The van der Waals surface area contributed by atoms with Gasteiger partial charge in [-0.25, -0.2) is 10.1 Å². The Morgan fingerprint density at radius 2 is 2.46 bits per heavy atom. The second-order valence-electron chi connectivity index (χ2n) is 2.70. The number of hydrazone groups is 1. The molecular formula is C6H13FN4O2. The molecule has 0 spiro atoms. The monoisotopic (exact) mass is 192 g/mol. The molecule has 0 bridgehead atoms. The topological polar surface area (TPSA) is 93.5 Å². The lowest BCUT2D eigenvalue weighted by atomic mass is 10.1. The van der Waals surface area contributed by atoms with E-state index in [1.807, 2.05) is 0 Å². The number of halogens is 1. The lowest BCUT2D eigenvalue weighted by Gasteiger charge is -2.06. The van der Waals surface area contributed by atoms with Crippen molar-refractivity contribution in [1.82, 2.24) is 5.32 Å². The van der Waals surface area contributed by atoms with Gasteiger partial charge in [0, 0.05) is 6.54 Å². The highest BCUT2D eigenvalue weighted by Gasteiger charge is 2.02. The van der Waals surface area contributed by atoms with Gasteiger partial charge < -0.3 is 11.1 Å². The molecule has 76 valence electrons.